The van der Waals surface area contributed by atoms with Crippen molar-refractivity contribution in [3.05, 3.63) is 0 Å². The average Bonchev–Trinajstić information content (AvgIpc) is 2.17. The predicted octanol–water partition coefficient (Wildman–Crippen LogP) is 1.21. The lowest BCUT2D eigenvalue weighted by Crippen LogP contribution is -2.51. The van der Waals surface area contributed by atoms with Gasteiger partial charge in [-0.05, 0) is 33.2 Å². The quantitative estimate of drug-likeness (QED) is 0.652. The third kappa shape index (κ3) is 3.95. The van der Waals surface area contributed by atoms with Crippen LogP contribution in [0.1, 0.15) is 40.5 Å². The van der Waals surface area contributed by atoms with Crippen LogP contribution in [-0.4, -0.2) is 41.3 Å². The number of hydrogen-bond acceptors (Lipinski definition) is 3. The van der Waals surface area contributed by atoms with E-state index < -0.39 is 0 Å². The summed E-state index contributed by atoms with van der Waals surface area (Å²) < 4.78 is 0. The van der Waals surface area contributed by atoms with E-state index in [-0.39, 0.29) is 11.6 Å². The highest BCUT2D eigenvalue weighted by Crippen LogP contribution is 2.18. The molecule has 0 aliphatic heterocycles. The summed E-state index contributed by atoms with van der Waals surface area (Å²) in [6.07, 6.45) is 1.66. The van der Waals surface area contributed by atoms with E-state index in [1.807, 2.05) is 6.92 Å². The van der Waals surface area contributed by atoms with Gasteiger partial charge in [0.1, 0.15) is 0 Å². The van der Waals surface area contributed by atoms with Gasteiger partial charge in [-0.1, -0.05) is 13.8 Å². The van der Waals surface area contributed by atoms with Crippen LogP contribution in [-0.2, 0) is 0 Å². The van der Waals surface area contributed by atoms with Gasteiger partial charge in [0.15, 0.2) is 0 Å². The summed E-state index contributed by atoms with van der Waals surface area (Å²) in [4.78, 5) is 2.36. The lowest BCUT2D eigenvalue weighted by atomic mass is 9.96. The minimum absolute atomic E-state index is 0.0869. The van der Waals surface area contributed by atoms with E-state index in [1.54, 1.807) is 0 Å². The van der Waals surface area contributed by atoms with Crippen molar-refractivity contribution < 1.29 is 5.11 Å². The molecule has 0 radical (unpaired) electrons. The van der Waals surface area contributed by atoms with Crippen LogP contribution in [0.3, 0.4) is 0 Å². The minimum atomic E-state index is -0.220. The second kappa shape index (κ2) is 6.38. The highest BCUT2D eigenvalue weighted by atomic mass is 16.3. The Labute approximate surface area is 88.3 Å². The molecule has 0 amide bonds. The zero-order valence-electron chi connectivity index (χ0n) is 10.1. The number of hydrogen-bond donors (Lipinski definition) is 2. The van der Waals surface area contributed by atoms with Crippen LogP contribution in [0.5, 0.6) is 0 Å². The first-order valence-corrected chi connectivity index (χ1v) is 5.63. The molecule has 0 rings (SSSR count). The molecule has 0 aromatic heterocycles. The van der Waals surface area contributed by atoms with Crippen molar-refractivity contribution in [2.24, 2.45) is 5.73 Å². The second-order valence-electron chi connectivity index (χ2n) is 4.27. The summed E-state index contributed by atoms with van der Waals surface area (Å²) in [5, 5.41) is 9.25. The van der Waals surface area contributed by atoms with Gasteiger partial charge in [-0.25, -0.2) is 0 Å². The average molecular weight is 202 g/mol. The Morgan fingerprint density at radius 1 is 1.43 bits per heavy atom. The van der Waals surface area contributed by atoms with Gasteiger partial charge >= 0.3 is 0 Å². The van der Waals surface area contributed by atoms with E-state index >= 15 is 0 Å². The third-order valence-corrected chi connectivity index (χ3v) is 3.16. The molecule has 3 nitrogen and oxygen atoms in total. The van der Waals surface area contributed by atoms with Crippen molar-refractivity contribution in [1.29, 1.82) is 0 Å². The first-order valence-electron chi connectivity index (χ1n) is 5.63. The summed E-state index contributed by atoms with van der Waals surface area (Å²) in [5.74, 6) is 0. The van der Waals surface area contributed by atoms with E-state index in [1.165, 1.54) is 0 Å². The smallest absolute Gasteiger partial charge is 0.0524 e. The maximum Gasteiger partial charge on any atom is 0.0524 e. The zero-order valence-corrected chi connectivity index (χ0v) is 10.1. The summed E-state index contributed by atoms with van der Waals surface area (Å²) in [6.45, 7) is 10.9. The molecule has 2 unspecified atom stereocenters. The Hall–Kier alpha value is -0.120. The van der Waals surface area contributed by atoms with Crippen molar-refractivity contribution in [1.82, 2.24) is 4.90 Å². The van der Waals surface area contributed by atoms with Crippen LogP contribution >= 0.6 is 0 Å². The van der Waals surface area contributed by atoms with Crippen LogP contribution in [0.15, 0.2) is 0 Å². The lowest BCUT2D eigenvalue weighted by Gasteiger charge is -2.39. The van der Waals surface area contributed by atoms with Gasteiger partial charge in [-0.2, -0.15) is 0 Å². The molecule has 3 heteroatoms. The Balaban J connectivity index is 4.22. The summed E-state index contributed by atoms with van der Waals surface area (Å²) in [7, 11) is 0. The van der Waals surface area contributed by atoms with Crippen molar-refractivity contribution in [2.45, 2.75) is 52.2 Å². The Morgan fingerprint density at radius 3 is 2.29 bits per heavy atom. The zero-order chi connectivity index (χ0) is 11.2. The van der Waals surface area contributed by atoms with E-state index in [4.69, 9.17) is 5.73 Å². The topological polar surface area (TPSA) is 49.5 Å². The molecule has 2 atom stereocenters. The van der Waals surface area contributed by atoms with Crippen LogP contribution in [0.25, 0.3) is 0 Å². The Bertz CT molecular complexity index is 144. The Kier molecular flexibility index (Phi) is 6.33. The molecular weight excluding hydrogens is 176 g/mol. The van der Waals surface area contributed by atoms with E-state index in [0.717, 1.165) is 25.9 Å². The number of aliphatic hydroxyl groups is 1. The van der Waals surface area contributed by atoms with Crippen LogP contribution in [0.4, 0.5) is 0 Å². The van der Waals surface area contributed by atoms with Crippen LogP contribution < -0.4 is 5.73 Å². The fourth-order valence-electron chi connectivity index (χ4n) is 1.65. The molecule has 86 valence electrons. The SMILES string of the molecule is CCN(CCC(C)O)C(C)(CC)CN. The normalized spacial score (nSPS) is 18.2. The largest absolute Gasteiger partial charge is 0.393 e. The third-order valence-electron chi connectivity index (χ3n) is 3.16. The van der Waals surface area contributed by atoms with E-state index in [9.17, 15) is 5.11 Å². The number of rotatable bonds is 7. The van der Waals surface area contributed by atoms with Gasteiger partial charge in [-0.3, -0.25) is 4.90 Å². The summed E-state index contributed by atoms with van der Waals surface area (Å²) in [6, 6.07) is 0. The molecule has 0 spiro atoms. The first-order chi connectivity index (χ1) is 6.50. The molecule has 0 aromatic carbocycles. The highest BCUT2D eigenvalue weighted by molar-refractivity contribution is 4.85. The number of aliphatic hydroxyl groups excluding tert-OH is 1. The van der Waals surface area contributed by atoms with Crippen molar-refractivity contribution >= 4 is 0 Å². The van der Waals surface area contributed by atoms with Gasteiger partial charge in [-0.15, -0.1) is 0 Å². The van der Waals surface area contributed by atoms with Crippen LogP contribution in [0, 0.1) is 0 Å². The van der Waals surface area contributed by atoms with Gasteiger partial charge in [0.25, 0.3) is 0 Å². The number of likely N-dealkylation sites (N-methyl/N-ethyl adjacent to an activating group) is 1. The standard InChI is InChI=1S/C11H26N2O/c1-5-11(4,9-12)13(6-2)8-7-10(3)14/h10,14H,5-9,12H2,1-4H3. The van der Waals surface area contributed by atoms with Crippen molar-refractivity contribution in [3.8, 4) is 0 Å². The molecule has 0 saturated carbocycles. The predicted molar refractivity (Wildman–Crippen MR) is 61.3 cm³/mol. The van der Waals surface area contributed by atoms with Gasteiger partial charge in [0, 0.05) is 18.6 Å². The van der Waals surface area contributed by atoms with Gasteiger partial charge in [0.05, 0.1) is 6.10 Å². The monoisotopic (exact) mass is 202 g/mol. The van der Waals surface area contributed by atoms with E-state index in [0.29, 0.717) is 6.54 Å². The molecule has 14 heavy (non-hydrogen) atoms. The number of nitrogens with zero attached hydrogens (tertiary/aromatic N) is 1. The molecular formula is C11H26N2O. The molecule has 3 N–H and O–H groups in total. The fourth-order valence-corrected chi connectivity index (χ4v) is 1.65. The van der Waals surface area contributed by atoms with Crippen molar-refractivity contribution in [2.75, 3.05) is 19.6 Å². The number of nitrogens with two attached hydrogens (primary N) is 1. The maximum absolute atomic E-state index is 9.25. The summed E-state index contributed by atoms with van der Waals surface area (Å²) >= 11 is 0. The van der Waals surface area contributed by atoms with Gasteiger partial charge in [0.2, 0.25) is 0 Å². The molecule has 0 aromatic rings. The molecule has 0 fully saturated rings. The molecule has 0 saturated heterocycles. The molecule has 0 heterocycles. The van der Waals surface area contributed by atoms with Crippen LogP contribution in [0.2, 0.25) is 0 Å². The van der Waals surface area contributed by atoms with Crippen molar-refractivity contribution in [3.63, 3.8) is 0 Å². The fraction of sp³-hybridized carbons (Fsp3) is 1.00. The molecule has 0 aliphatic rings. The highest BCUT2D eigenvalue weighted by Gasteiger charge is 2.26. The molecule has 0 bridgehead atoms. The second-order valence-corrected chi connectivity index (χ2v) is 4.27. The van der Waals surface area contributed by atoms with Gasteiger partial charge < -0.3 is 10.8 Å². The lowest BCUT2D eigenvalue weighted by molar-refractivity contribution is 0.0863. The maximum atomic E-state index is 9.25. The Morgan fingerprint density at radius 2 is 2.00 bits per heavy atom. The molecule has 0 aliphatic carbocycles. The van der Waals surface area contributed by atoms with E-state index in [2.05, 4.69) is 25.7 Å². The summed E-state index contributed by atoms with van der Waals surface area (Å²) in [5.41, 5.74) is 5.88. The first kappa shape index (κ1) is 13.9. The minimum Gasteiger partial charge on any atom is -0.393 e.